The first-order valence-corrected chi connectivity index (χ1v) is 7.97. The molecule has 1 saturated carbocycles. The van der Waals surface area contributed by atoms with Crippen LogP contribution >= 0.6 is 11.3 Å². The number of hydrogen-bond donors (Lipinski definition) is 1. The van der Waals surface area contributed by atoms with Crippen LogP contribution in [-0.4, -0.2) is 10.9 Å². The Morgan fingerprint density at radius 1 is 1.14 bits per heavy atom. The number of carbonyl (C=O) groups is 1. The van der Waals surface area contributed by atoms with Crippen molar-refractivity contribution in [2.45, 2.75) is 12.8 Å². The first-order valence-electron chi connectivity index (χ1n) is 7.15. The van der Waals surface area contributed by atoms with Crippen molar-refractivity contribution in [2.75, 3.05) is 5.32 Å². The summed E-state index contributed by atoms with van der Waals surface area (Å²) in [6, 6.07) is 12.7. The van der Waals surface area contributed by atoms with Crippen LogP contribution in [0.2, 0.25) is 0 Å². The molecule has 1 N–H and O–H groups in total. The third-order valence-corrected chi connectivity index (χ3v) is 5.21. The second kappa shape index (κ2) is 3.92. The Labute approximate surface area is 125 Å². The van der Waals surface area contributed by atoms with E-state index in [1.165, 1.54) is 26.8 Å². The Morgan fingerprint density at radius 2 is 1.90 bits per heavy atom. The number of thiazole rings is 1. The summed E-state index contributed by atoms with van der Waals surface area (Å²) in [4.78, 5) is 17.7. The molecule has 0 spiro atoms. The molecule has 21 heavy (non-hydrogen) atoms. The van der Waals surface area contributed by atoms with Crippen LogP contribution in [0.15, 0.2) is 36.4 Å². The molecular formula is C17H12N2OS. The van der Waals surface area contributed by atoms with Crippen LogP contribution in [0.4, 0.5) is 5.13 Å². The van der Waals surface area contributed by atoms with Crippen molar-refractivity contribution in [3.63, 3.8) is 0 Å². The standard InChI is InChI=1S/C17H12N2OS/c20-16(10-7-8-10)19-17-18-14-11-5-1-3-9-4-2-6-12(13(9)11)15(14)21-17/h1-6,10H,7-8H2,(H,18,19,20). The second-order valence-electron chi connectivity index (χ2n) is 5.67. The molecule has 2 aliphatic carbocycles. The van der Waals surface area contributed by atoms with Crippen molar-refractivity contribution >= 4 is 33.1 Å². The quantitative estimate of drug-likeness (QED) is 0.599. The first kappa shape index (κ1) is 11.5. The van der Waals surface area contributed by atoms with Gasteiger partial charge in [0.15, 0.2) is 5.13 Å². The fraction of sp³-hybridized carbons (Fsp3) is 0.176. The normalized spacial score (nSPS) is 15.2. The number of benzene rings is 2. The maximum absolute atomic E-state index is 11.9. The van der Waals surface area contributed by atoms with E-state index in [0.29, 0.717) is 0 Å². The highest BCUT2D eigenvalue weighted by molar-refractivity contribution is 7.20. The molecule has 0 aliphatic heterocycles. The Balaban J connectivity index is 1.64. The summed E-state index contributed by atoms with van der Waals surface area (Å²) in [5.74, 6) is 0.327. The number of fused-ring (bicyclic) bond motifs is 3. The maximum Gasteiger partial charge on any atom is 0.229 e. The predicted octanol–water partition coefficient (Wildman–Crippen LogP) is 4.29. The van der Waals surface area contributed by atoms with Gasteiger partial charge in [0.05, 0.1) is 10.6 Å². The van der Waals surface area contributed by atoms with E-state index in [1.54, 1.807) is 11.3 Å². The van der Waals surface area contributed by atoms with Gasteiger partial charge in [0.2, 0.25) is 5.91 Å². The highest BCUT2D eigenvalue weighted by atomic mass is 32.1. The lowest BCUT2D eigenvalue weighted by atomic mass is 10.0. The Bertz CT molecular complexity index is 852. The molecule has 0 atom stereocenters. The van der Waals surface area contributed by atoms with E-state index in [9.17, 15) is 4.79 Å². The summed E-state index contributed by atoms with van der Waals surface area (Å²) in [6.07, 6.45) is 2.03. The van der Waals surface area contributed by atoms with Crippen LogP contribution in [0, 0.1) is 5.92 Å². The van der Waals surface area contributed by atoms with Crippen LogP contribution in [0.3, 0.4) is 0 Å². The molecule has 1 fully saturated rings. The molecule has 0 unspecified atom stereocenters. The van der Waals surface area contributed by atoms with Gasteiger partial charge in [-0.15, -0.1) is 0 Å². The SMILES string of the molecule is O=C(Nc1nc2c(s1)-c1cccc3cccc-2c13)C1CC1. The molecule has 0 radical (unpaired) electrons. The van der Waals surface area contributed by atoms with Gasteiger partial charge < -0.3 is 5.32 Å². The highest BCUT2D eigenvalue weighted by Gasteiger charge is 2.31. The van der Waals surface area contributed by atoms with Gasteiger partial charge in [-0.3, -0.25) is 4.79 Å². The second-order valence-corrected chi connectivity index (χ2v) is 6.67. The average molecular weight is 292 g/mol. The van der Waals surface area contributed by atoms with Crippen LogP contribution in [0.25, 0.3) is 32.5 Å². The molecule has 1 heterocycles. The molecule has 5 rings (SSSR count). The van der Waals surface area contributed by atoms with Gasteiger partial charge in [0.1, 0.15) is 0 Å². The van der Waals surface area contributed by atoms with E-state index in [-0.39, 0.29) is 11.8 Å². The van der Waals surface area contributed by atoms with Crippen molar-refractivity contribution < 1.29 is 4.79 Å². The largest absolute Gasteiger partial charge is 0.302 e. The number of amides is 1. The summed E-state index contributed by atoms with van der Waals surface area (Å²) in [7, 11) is 0. The highest BCUT2D eigenvalue weighted by Crippen LogP contribution is 2.50. The minimum absolute atomic E-state index is 0.119. The number of aromatic nitrogens is 1. The topological polar surface area (TPSA) is 42.0 Å². The van der Waals surface area contributed by atoms with Gasteiger partial charge in [0.25, 0.3) is 0 Å². The maximum atomic E-state index is 11.9. The molecule has 1 aromatic heterocycles. The zero-order chi connectivity index (χ0) is 14.0. The first-order chi connectivity index (χ1) is 10.3. The number of carbonyl (C=O) groups excluding carboxylic acids is 1. The van der Waals surface area contributed by atoms with E-state index in [4.69, 9.17) is 0 Å². The molecule has 2 aromatic carbocycles. The third kappa shape index (κ3) is 1.59. The van der Waals surface area contributed by atoms with Crippen molar-refractivity contribution in [3.8, 4) is 21.7 Å². The third-order valence-electron chi connectivity index (χ3n) is 4.21. The van der Waals surface area contributed by atoms with Gasteiger partial charge in [-0.1, -0.05) is 47.7 Å². The number of hydrogen-bond acceptors (Lipinski definition) is 3. The van der Waals surface area contributed by atoms with Gasteiger partial charge in [-0.2, -0.15) is 0 Å². The van der Waals surface area contributed by atoms with Crippen LogP contribution in [0.5, 0.6) is 0 Å². The molecule has 3 nitrogen and oxygen atoms in total. The minimum atomic E-state index is 0.119. The van der Waals surface area contributed by atoms with Crippen molar-refractivity contribution in [1.82, 2.24) is 4.98 Å². The minimum Gasteiger partial charge on any atom is -0.302 e. The lowest BCUT2D eigenvalue weighted by Crippen LogP contribution is -2.12. The number of rotatable bonds is 2. The van der Waals surface area contributed by atoms with E-state index in [0.717, 1.165) is 23.7 Å². The summed E-state index contributed by atoms with van der Waals surface area (Å²) < 4.78 is 0. The predicted molar refractivity (Wildman–Crippen MR) is 85.4 cm³/mol. The van der Waals surface area contributed by atoms with E-state index in [2.05, 4.69) is 46.7 Å². The van der Waals surface area contributed by atoms with Gasteiger partial charge in [-0.25, -0.2) is 4.98 Å². The lowest BCUT2D eigenvalue weighted by Gasteiger charge is -2.02. The number of nitrogens with one attached hydrogen (secondary N) is 1. The van der Waals surface area contributed by atoms with Crippen LogP contribution in [0.1, 0.15) is 12.8 Å². The zero-order valence-corrected chi connectivity index (χ0v) is 12.0. The smallest absolute Gasteiger partial charge is 0.229 e. The molecule has 102 valence electrons. The van der Waals surface area contributed by atoms with Crippen molar-refractivity contribution in [2.24, 2.45) is 5.92 Å². The number of anilines is 1. The fourth-order valence-electron chi connectivity index (χ4n) is 3.02. The Hall–Kier alpha value is -2.20. The van der Waals surface area contributed by atoms with Gasteiger partial charge >= 0.3 is 0 Å². The van der Waals surface area contributed by atoms with E-state index >= 15 is 0 Å². The molecule has 1 amide bonds. The van der Waals surface area contributed by atoms with Crippen LogP contribution in [-0.2, 0) is 4.79 Å². The average Bonchev–Trinajstić information content (AvgIpc) is 3.21. The van der Waals surface area contributed by atoms with Crippen molar-refractivity contribution in [3.05, 3.63) is 36.4 Å². The van der Waals surface area contributed by atoms with E-state index < -0.39 is 0 Å². The fourth-order valence-corrected chi connectivity index (χ4v) is 4.03. The van der Waals surface area contributed by atoms with Gasteiger partial charge in [0, 0.05) is 17.0 Å². The summed E-state index contributed by atoms with van der Waals surface area (Å²) in [6.45, 7) is 0. The summed E-state index contributed by atoms with van der Waals surface area (Å²) >= 11 is 1.58. The monoisotopic (exact) mass is 292 g/mol. The Kier molecular flexibility index (Phi) is 2.14. The van der Waals surface area contributed by atoms with Crippen molar-refractivity contribution in [1.29, 1.82) is 0 Å². The zero-order valence-electron chi connectivity index (χ0n) is 11.2. The lowest BCUT2D eigenvalue weighted by molar-refractivity contribution is -0.117. The molecule has 2 aliphatic rings. The van der Waals surface area contributed by atoms with Gasteiger partial charge in [-0.05, 0) is 23.6 Å². The van der Waals surface area contributed by atoms with E-state index in [1.807, 2.05) is 0 Å². The Morgan fingerprint density at radius 3 is 2.67 bits per heavy atom. The number of nitrogens with zero attached hydrogens (tertiary/aromatic N) is 1. The molecule has 0 saturated heterocycles. The van der Waals surface area contributed by atoms with Crippen LogP contribution < -0.4 is 5.32 Å². The molecule has 3 aromatic rings. The summed E-state index contributed by atoms with van der Waals surface area (Å²) in [5.41, 5.74) is 3.43. The molecular weight excluding hydrogens is 280 g/mol. The summed E-state index contributed by atoms with van der Waals surface area (Å²) in [5, 5.41) is 6.22. The molecule has 0 bridgehead atoms. The molecule has 4 heteroatoms.